The van der Waals surface area contributed by atoms with Gasteiger partial charge in [0.05, 0.1) is 39.2 Å². The van der Waals surface area contributed by atoms with Gasteiger partial charge in [-0.2, -0.15) is 0 Å². The molecule has 1 aromatic carbocycles. The van der Waals surface area contributed by atoms with Crippen LogP contribution in [0.5, 0.6) is 11.5 Å². The molecule has 25 heavy (non-hydrogen) atoms. The summed E-state index contributed by atoms with van der Waals surface area (Å²) >= 11 is 0. The van der Waals surface area contributed by atoms with E-state index in [-0.39, 0.29) is 11.9 Å². The van der Waals surface area contributed by atoms with Crippen LogP contribution in [0.4, 0.5) is 5.69 Å². The molecule has 2 aliphatic rings. The number of benzene rings is 1. The van der Waals surface area contributed by atoms with Crippen LogP contribution in [0.1, 0.15) is 12.8 Å². The summed E-state index contributed by atoms with van der Waals surface area (Å²) in [4.78, 5) is 16.9. The molecule has 0 spiro atoms. The standard InChI is InChI=1S/C19H26N2O4/c1-20(12-14-5-4-8-25-13-14)18-6-7-21(19(18)22)15-9-16(23-2)11-17(10-15)24-3/h5,9-11,18H,4,6-8,12-13H2,1-3H3/t18-/m0/s1. The van der Waals surface area contributed by atoms with Crippen molar-refractivity contribution in [3.8, 4) is 11.5 Å². The normalized spacial score (nSPS) is 20.8. The lowest BCUT2D eigenvalue weighted by Crippen LogP contribution is -2.41. The van der Waals surface area contributed by atoms with Crippen molar-refractivity contribution < 1.29 is 19.0 Å². The van der Waals surface area contributed by atoms with Crippen LogP contribution in [0.3, 0.4) is 0 Å². The maximum atomic E-state index is 12.9. The number of likely N-dealkylation sites (N-methyl/N-ethyl adjacent to an activating group) is 1. The van der Waals surface area contributed by atoms with Gasteiger partial charge in [0, 0.05) is 31.3 Å². The van der Waals surface area contributed by atoms with Crippen molar-refractivity contribution in [3.63, 3.8) is 0 Å². The lowest BCUT2D eigenvalue weighted by molar-refractivity contribution is -0.121. The maximum Gasteiger partial charge on any atom is 0.244 e. The van der Waals surface area contributed by atoms with Crippen molar-refractivity contribution in [1.82, 2.24) is 4.90 Å². The molecule has 0 aromatic heterocycles. The van der Waals surface area contributed by atoms with Gasteiger partial charge in [-0.15, -0.1) is 0 Å². The van der Waals surface area contributed by atoms with Gasteiger partial charge in [0.15, 0.2) is 0 Å². The zero-order valence-corrected chi connectivity index (χ0v) is 15.2. The Labute approximate surface area is 148 Å². The van der Waals surface area contributed by atoms with Gasteiger partial charge in [0.2, 0.25) is 5.91 Å². The highest BCUT2D eigenvalue weighted by molar-refractivity contribution is 5.99. The Kier molecular flexibility index (Phi) is 5.60. The molecule has 1 aromatic rings. The molecule has 0 radical (unpaired) electrons. The molecule has 6 nitrogen and oxygen atoms in total. The van der Waals surface area contributed by atoms with Crippen molar-refractivity contribution >= 4 is 11.6 Å². The monoisotopic (exact) mass is 346 g/mol. The van der Waals surface area contributed by atoms with Crippen LogP contribution in [0.25, 0.3) is 0 Å². The molecule has 0 N–H and O–H groups in total. The van der Waals surface area contributed by atoms with Crippen LogP contribution in [-0.4, -0.2) is 64.4 Å². The number of carbonyl (C=O) groups is 1. The molecule has 136 valence electrons. The van der Waals surface area contributed by atoms with Crippen LogP contribution < -0.4 is 14.4 Å². The minimum atomic E-state index is -0.111. The predicted octanol–water partition coefficient (Wildman–Crippen LogP) is 2.09. The topological polar surface area (TPSA) is 51.2 Å². The van der Waals surface area contributed by atoms with E-state index in [9.17, 15) is 4.79 Å². The summed E-state index contributed by atoms with van der Waals surface area (Å²) in [6, 6.07) is 5.45. The van der Waals surface area contributed by atoms with E-state index >= 15 is 0 Å². The molecule has 0 bridgehead atoms. The van der Waals surface area contributed by atoms with Gasteiger partial charge in [-0.05, 0) is 25.5 Å². The fraction of sp³-hybridized carbons (Fsp3) is 0.526. The minimum absolute atomic E-state index is 0.111. The Balaban J connectivity index is 1.72. The Bertz CT molecular complexity index is 637. The molecule has 1 saturated heterocycles. The van der Waals surface area contributed by atoms with Gasteiger partial charge in [0.25, 0.3) is 0 Å². The fourth-order valence-corrected chi connectivity index (χ4v) is 3.43. The number of hydrogen-bond donors (Lipinski definition) is 0. The first-order chi connectivity index (χ1) is 12.1. The Morgan fingerprint density at radius 3 is 2.56 bits per heavy atom. The van der Waals surface area contributed by atoms with E-state index in [0.717, 1.165) is 31.7 Å². The zero-order valence-electron chi connectivity index (χ0n) is 15.2. The molecule has 1 atom stereocenters. The highest BCUT2D eigenvalue weighted by Crippen LogP contribution is 2.31. The van der Waals surface area contributed by atoms with Crippen molar-refractivity contribution in [3.05, 3.63) is 29.8 Å². The predicted molar refractivity (Wildman–Crippen MR) is 96.5 cm³/mol. The molecule has 0 unspecified atom stereocenters. The molecule has 1 fully saturated rings. The first kappa shape index (κ1) is 17.8. The summed E-state index contributed by atoms with van der Waals surface area (Å²) < 4.78 is 16.1. The summed E-state index contributed by atoms with van der Waals surface area (Å²) in [5.41, 5.74) is 2.07. The summed E-state index contributed by atoms with van der Waals surface area (Å²) in [6.45, 7) is 2.93. The van der Waals surface area contributed by atoms with E-state index < -0.39 is 0 Å². The Morgan fingerprint density at radius 1 is 1.24 bits per heavy atom. The largest absolute Gasteiger partial charge is 0.497 e. The molecule has 6 heteroatoms. The summed E-state index contributed by atoms with van der Waals surface area (Å²) in [5.74, 6) is 1.49. The third kappa shape index (κ3) is 3.96. The van der Waals surface area contributed by atoms with Crippen LogP contribution in [-0.2, 0) is 9.53 Å². The first-order valence-corrected chi connectivity index (χ1v) is 8.62. The number of methoxy groups -OCH3 is 2. The lowest BCUT2D eigenvalue weighted by atomic mass is 10.1. The highest BCUT2D eigenvalue weighted by Gasteiger charge is 2.35. The van der Waals surface area contributed by atoms with Gasteiger partial charge in [-0.1, -0.05) is 6.08 Å². The number of carbonyl (C=O) groups excluding carboxylic acids is 1. The quantitative estimate of drug-likeness (QED) is 0.738. The second-order valence-electron chi connectivity index (χ2n) is 6.48. The van der Waals surface area contributed by atoms with E-state index in [4.69, 9.17) is 14.2 Å². The van der Waals surface area contributed by atoms with E-state index in [1.807, 2.05) is 30.1 Å². The van der Waals surface area contributed by atoms with Crippen molar-refractivity contribution in [2.75, 3.05) is 52.5 Å². The fourth-order valence-electron chi connectivity index (χ4n) is 3.43. The van der Waals surface area contributed by atoms with E-state index in [1.165, 1.54) is 5.57 Å². The minimum Gasteiger partial charge on any atom is -0.497 e. The smallest absolute Gasteiger partial charge is 0.244 e. The zero-order chi connectivity index (χ0) is 17.8. The highest BCUT2D eigenvalue weighted by atomic mass is 16.5. The number of hydrogen-bond acceptors (Lipinski definition) is 5. The summed E-state index contributed by atoms with van der Waals surface area (Å²) in [5, 5.41) is 0. The Morgan fingerprint density at radius 2 is 1.96 bits per heavy atom. The number of rotatable bonds is 6. The van der Waals surface area contributed by atoms with Gasteiger partial charge in [-0.3, -0.25) is 9.69 Å². The Hall–Kier alpha value is -2.05. The third-order valence-corrected chi connectivity index (χ3v) is 4.79. The maximum absolute atomic E-state index is 12.9. The van der Waals surface area contributed by atoms with Gasteiger partial charge < -0.3 is 19.1 Å². The lowest BCUT2D eigenvalue weighted by Gasteiger charge is -2.26. The van der Waals surface area contributed by atoms with Gasteiger partial charge >= 0.3 is 0 Å². The molecule has 0 aliphatic carbocycles. The average Bonchev–Trinajstić information content (AvgIpc) is 3.03. The third-order valence-electron chi connectivity index (χ3n) is 4.79. The number of nitrogens with zero attached hydrogens (tertiary/aromatic N) is 2. The number of anilines is 1. The molecule has 3 rings (SSSR count). The van der Waals surface area contributed by atoms with Crippen LogP contribution >= 0.6 is 0 Å². The molecule has 2 heterocycles. The van der Waals surface area contributed by atoms with Crippen molar-refractivity contribution in [1.29, 1.82) is 0 Å². The SMILES string of the molecule is COc1cc(OC)cc(N2CC[C@H](N(C)CC3=CCCOC3)C2=O)c1. The molecule has 1 amide bonds. The van der Waals surface area contributed by atoms with E-state index in [0.29, 0.717) is 24.7 Å². The van der Waals surface area contributed by atoms with Gasteiger partial charge in [0.1, 0.15) is 11.5 Å². The molecular weight excluding hydrogens is 320 g/mol. The first-order valence-electron chi connectivity index (χ1n) is 8.62. The van der Waals surface area contributed by atoms with Gasteiger partial charge in [-0.25, -0.2) is 0 Å². The van der Waals surface area contributed by atoms with Crippen molar-refractivity contribution in [2.24, 2.45) is 0 Å². The molecule has 2 aliphatic heterocycles. The number of ether oxygens (including phenoxy) is 3. The van der Waals surface area contributed by atoms with Crippen LogP contribution in [0, 0.1) is 0 Å². The van der Waals surface area contributed by atoms with Crippen LogP contribution in [0.15, 0.2) is 29.8 Å². The molecule has 0 saturated carbocycles. The number of amides is 1. The van der Waals surface area contributed by atoms with E-state index in [1.54, 1.807) is 14.2 Å². The second kappa shape index (κ2) is 7.89. The second-order valence-corrected chi connectivity index (χ2v) is 6.48. The molecular formula is C19H26N2O4. The van der Waals surface area contributed by atoms with Crippen molar-refractivity contribution in [2.45, 2.75) is 18.9 Å². The van der Waals surface area contributed by atoms with Crippen LogP contribution in [0.2, 0.25) is 0 Å². The summed E-state index contributed by atoms with van der Waals surface area (Å²) in [7, 11) is 5.23. The summed E-state index contributed by atoms with van der Waals surface area (Å²) in [6.07, 6.45) is 3.99. The van der Waals surface area contributed by atoms with E-state index in [2.05, 4.69) is 11.0 Å². The average molecular weight is 346 g/mol.